The molecule has 0 aliphatic rings. The second-order valence-electron chi connectivity index (χ2n) is 19.3. The van der Waals surface area contributed by atoms with Crippen molar-refractivity contribution in [3.8, 4) is 45.0 Å². The number of aromatic nitrogens is 4. The van der Waals surface area contributed by atoms with E-state index in [2.05, 4.69) is 0 Å². The lowest BCUT2D eigenvalue weighted by Gasteiger charge is -2.11. The molecule has 4 nitrogen and oxygen atoms in total. The Morgan fingerprint density at radius 2 is 0.878 bits per heavy atom. The second-order valence-corrected chi connectivity index (χ2v) is 19.3. The topological polar surface area (TPSA) is 15.5 Å². The number of hydrogen-bond acceptors (Lipinski definition) is 0. The van der Waals surface area contributed by atoms with E-state index >= 15 is 0 Å². The molecule has 0 saturated carbocycles. The van der Waals surface area contributed by atoms with Gasteiger partial charge in [-0.1, -0.05) is 88.5 Å². The largest absolute Gasteiger partial charge is 0.215 e. The molecule has 2 unspecified atom stereocenters. The number of nitrogens with zero attached hydrogens (tertiary/aromatic N) is 4. The predicted molar refractivity (Wildman–Crippen MR) is 316 cm³/mol. The SMILES string of the molecule is [2H]C([2H])([2H])Cc1ccc(-c2c(C)cc(C([2H])([2H])[2H])c[n+]2C)c(C)c1.[2H]C([2H])([2H])c1c[n+](C)c(-c2ccc(C([2H])([2H])C([2H])(C)C([2H])([2H])[2H])cc2C)cc1C.[2H]C([2H])([2H])c1cc(C)c(-c2ccc(C([2H])(C)C([2H])([2H])[2H])cc2C)[n+](C)c1.[2H]C([2H])([2H])c1ccc(-c2c(C)cc(C([2H])([2H])[2H])c[n+]2C)c(C)c1. The molecule has 8 rings (SSSR count). The summed E-state index contributed by atoms with van der Waals surface area (Å²) < 4.78 is 221. The lowest BCUT2D eigenvalue weighted by molar-refractivity contribution is -0.661. The van der Waals surface area contributed by atoms with Crippen molar-refractivity contribution < 1.29 is 56.6 Å². The molecule has 4 aromatic carbocycles. The highest BCUT2D eigenvalue weighted by molar-refractivity contribution is 5.67. The molecule has 0 bridgehead atoms. The lowest BCUT2D eigenvalue weighted by atomic mass is 9.94. The Balaban J connectivity index is 0.000000246. The van der Waals surface area contributed by atoms with Gasteiger partial charge in [0.1, 0.15) is 28.2 Å². The van der Waals surface area contributed by atoms with Gasteiger partial charge in [-0.15, -0.1) is 0 Å². The maximum Gasteiger partial charge on any atom is 0.215 e. The third-order valence-electron chi connectivity index (χ3n) is 12.8. The first-order chi connectivity index (χ1) is 45.9. The highest BCUT2D eigenvalue weighted by Gasteiger charge is 2.20. The van der Waals surface area contributed by atoms with Crippen LogP contribution in [0.25, 0.3) is 45.0 Å². The quantitative estimate of drug-likeness (QED) is 0.135. The van der Waals surface area contributed by atoms with Crippen LogP contribution in [-0.2, 0) is 41.0 Å². The Hall–Kier alpha value is -6.52. The molecule has 4 heterocycles. The first kappa shape index (κ1) is 30.1. The van der Waals surface area contributed by atoms with Crippen LogP contribution in [0.5, 0.6) is 0 Å². The van der Waals surface area contributed by atoms with Gasteiger partial charge in [0.15, 0.2) is 24.8 Å². The maximum absolute atomic E-state index is 8.32. The zero-order valence-electron chi connectivity index (χ0n) is 73.5. The van der Waals surface area contributed by atoms with E-state index < -0.39 is 73.0 Å². The van der Waals surface area contributed by atoms with E-state index in [4.69, 9.17) is 38.4 Å². The van der Waals surface area contributed by atoms with Gasteiger partial charge in [0.25, 0.3) is 0 Å². The summed E-state index contributed by atoms with van der Waals surface area (Å²) in [7, 11) is 7.16. The molecule has 2 atom stereocenters. The molecular weight excluding hydrogens is 897 g/mol. The zero-order chi connectivity index (χ0) is 78.5. The highest BCUT2D eigenvalue weighted by atomic mass is 14.9. The first-order valence-electron chi connectivity index (χ1n) is 38.3. The van der Waals surface area contributed by atoms with E-state index in [1.54, 1.807) is 146 Å². The van der Waals surface area contributed by atoms with Crippen LogP contribution < -0.4 is 18.3 Å². The Kier molecular flexibility index (Phi) is 10.4. The fraction of sp³-hybridized carbons (Fsp3) is 0.371. The van der Waals surface area contributed by atoms with Gasteiger partial charge in [0.05, 0.1) is 0 Å². The molecule has 0 fully saturated rings. The fourth-order valence-electron chi connectivity index (χ4n) is 9.33. The summed E-state index contributed by atoms with van der Waals surface area (Å²) >= 11 is 0. The monoisotopic (exact) mass is 1020 g/mol. The highest BCUT2D eigenvalue weighted by Crippen LogP contribution is 2.29. The zero-order valence-corrected chi connectivity index (χ0v) is 45.5. The van der Waals surface area contributed by atoms with Crippen LogP contribution in [0.1, 0.15) is 168 Å². The first-order valence-corrected chi connectivity index (χ1v) is 24.3. The summed E-state index contributed by atoms with van der Waals surface area (Å²) in [5, 5.41) is 0. The molecule has 4 aromatic heterocycles. The van der Waals surface area contributed by atoms with E-state index in [1.165, 1.54) is 13.0 Å². The van der Waals surface area contributed by atoms with Gasteiger partial charge >= 0.3 is 0 Å². The third kappa shape index (κ3) is 14.8. The lowest BCUT2D eigenvalue weighted by Crippen LogP contribution is -2.32. The van der Waals surface area contributed by atoms with Crippen molar-refractivity contribution in [2.45, 2.75) is 143 Å². The van der Waals surface area contributed by atoms with E-state index in [-0.39, 0.29) is 28.7 Å². The van der Waals surface area contributed by atoms with Gasteiger partial charge in [-0.05, 0) is 201 Å². The van der Waals surface area contributed by atoms with Gasteiger partial charge in [0, 0.05) is 106 Å². The van der Waals surface area contributed by atoms with Gasteiger partial charge < -0.3 is 0 Å². The average Bonchev–Trinajstić information content (AvgIpc) is 0.752. The average molecular weight is 1020 g/mol. The van der Waals surface area contributed by atoms with Gasteiger partial charge in [-0.3, -0.25) is 0 Å². The van der Waals surface area contributed by atoms with Crippen molar-refractivity contribution in [3.63, 3.8) is 0 Å². The van der Waals surface area contributed by atoms with E-state index in [1.807, 2.05) is 71.4 Å². The van der Waals surface area contributed by atoms with Crippen molar-refractivity contribution in [2.75, 3.05) is 0 Å². The van der Waals surface area contributed by atoms with Crippen molar-refractivity contribution in [3.05, 3.63) is 211 Å². The third-order valence-corrected chi connectivity index (χ3v) is 12.8. The van der Waals surface area contributed by atoms with Gasteiger partial charge in [-0.2, -0.15) is 0 Å². The van der Waals surface area contributed by atoms with Crippen molar-refractivity contribution in [2.24, 2.45) is 34.1 Å². The molecule has 0 spiro atoms. The van der Waals surface area contributed by atoms with Crippen LogP contribution in [-0.4, -0.2) is 0 Å². The molecular formula is C70H92N4+4. The molecule has 0 amide bonds. The molecule has 0 aliphatic carbocycles. The predicted octanol–water partition coefficient (Wildman–Crippen LogP) is 15.6. The summed E-state index contributed by atoms with van der Waals surface area (Å²) in [4.78, 5) is 0. The van der Waals surface area contributed by atoms with Crippen LogP contribution in [0.3, 0.4) is 0 Å². The van der Waals surface area contributed by atoms with Crippen LogP contribution in [0.2, 0.25) is 0 Å². The van der Waals surface area contributed by atoms with Crippen molar-refractivity contribution in [1.29, 1.82) is 0 Å². The molecule has 388 valence electrons. The Labute approximate surface area is 488 Å². The maximum atomic E-state index is 8.32. The molecule has 0 aliphatic heterocycles. The minimum Gasteiger partial charge on any atom is -0.201 e. The van der Waals surface area contributed by atoms with E-state index in [9.17, 15) is 0 Å². The van der Waals surface area contributed by atoms with Crippen LogP contribution in [0.4, 0.5) is 0 Å². The van der Waals surface area contributed by atoms with E-state index in [0.29, 0.717) is 27.8 Å². The Morgan fingerprint density at radius 1 is 0.419 bits per heavy atom. The molecule has 0 saturated heterocycles. The van der Waals surface area contributed by atoms with Crippen molar-refractivity contribution in [1.82, 2.24) is 0 Å². The summed E-state index contributed by atoms with van der Waals surface area (Å²) in [5.74, 6) is -4.02. The van der Waals surface area contributed by atoms with Crippen LogP contribution in [0, 0.1) is 95.5 Å². The Bertz CT molecular complexity index is 4300. The summed E-state index contributed by atoms with van der Waals surface area (Å²) in [5.41, 5.74) is 16.2. The summed E-state index contributed by atoms with van der Waals surface area (Å²) in [6.07, 6.45) is 4.04. The van der Waals surface area contributed by atoms with Crippen LogP contribution in [0.15, 0.2) is 122 Å². The molecule has 0 radical (unpaired) electrons. The number of hydrogen-bond donors (Lipinski definition) is 0. The molecule has 74 heavy (non-hydrogen) atoms. The molecule has 4 heteroatoms. The molecule has 8 aromatic rings. The smallest absolute Gasteiger partial charge is 0.201 e. The van der Waals surface area contributed by atoms with Crippen LogP contribution >= 0.6 is 0 Å². The minimum absolute atomic E-state index is 0.0389. The minimum atomic E-state index is -2.79. The number of aryl methyl sites for hydroxylation is 18. The number of rotatable bonds is 8. The normalized spacial score (nSPS) is 19.6. The summed E-state index contributed by atoms with van der Waals surface area (Å²) in [6.45, 7) is -0.766. The van der Waals surface area contributed by atoms with Crippen molar-refractivity contribution >= 4 is 0 Å². The van der Waals surface area contributed by atoms with Gasteiger partial charge in [0.2, 0.25) is 22.8 Å². The van der Waals surface area contributed by atoms with E-state index in [0.717, 1.165) is 90.9 Å². The number of benzene rings is 4. The summed E-state index contributed by atoms with van der Waals surface area (Å²) in [6, 6.07) is 27.4. The molecule has 0 N–H and O–H groups in total. The fourth-order valence-corrected chi connectivity index (χ4v) is 9.33. The number of pyridine rings is 4. The van der Waals surface area contributed by atoms with Gasteiger partial charge in [-0.25, -0.2) is 18.3 Å². The standard InChI is InChI=1S/C19H26N.C18H24N.C17H22N.C16H20N/c1-13(2)9-17-7-8-18(15(4)10-17)19-11-14(3)16(5)12-20(19)6;1-12(2)16-7-8-17(14(4)10-16)18-15(5)9-13(3)11-19(18)6;1-6-15-7-8-16(13(3)10-15)17-14(4)9-12(2)11-18(17)5;1-11-6-7-15(13(3)8-11)16-14(4)9-12(2)10-17(16)5/h7-8,10-13H,9H2,1-6H3;7-12H,1-6H3;7-11H,6H2,1-5H3;6-10H,1-5H3/q4*+1/i1D3,5D3,9D2,13D;1D3,3D3,12D;2*1D3,2D3. The second kappa shape index (κ2) is 25.6. The Morgan fingerprint density at radius 3 is 1.32 bits per heavy atom.